The van der Waals surface area contributed by atoms with Crippen LogP contribution in [0.1, 0.15) is 40.7 Å². The fraction of sp³-hybridized carbons (Fsp3) is 0.400. The molecule has 1 saturated carbocycles. The van der Waals surface area contributed by atoms with Crippen LogP contribution in [0.2, 0.25) is 0 Å². The molecule has 5 heteroatoms. The molecular formula is C20H21N3O2. The predicted octanol–water partition coefficient (Wildman–Crippen LogP) is 2.73. The number of pyridine rings is 1. The largest absolute Gasteiger partial charge is 0.491 e. The highest BCUT2D eigenvalue weighted by molar-refractivity contribution is 5.94. The third-order valence-electron chi connectivity index (χ3n) is 5.78. The van der Waals surface area contributed by atoms with Gasteiger partial charge < -0.3 is 15.4 Å². The van der Waals surface area contributed by atoms with Gasteiger partial charge in [-0.15, -0.1) is 0 Å². The lowest BCUT2D eigenvalue weighted by molar-refractivity contribution is 0.0915. The van der Waals surface area contributed by atoms with E-state index in [1.807, 2.05) is 30.3 Å². The fourth-order valence-electron chi connectivity index (χ4n) is 4.08. The van der Waals surface area contributed by atoms with E-state index < -0.39 is 0 Å². The molecule has 1 aromatic heterocycles. The average Bonchev–Trinajstić information content (AvgIpc) is 3.34. The summed E-state index contributed by atoms with van der Waals surface area (Å²) >= 11 is 0. The average molecular weight is 335 g/mol. The Kier molecular flexibility index (Phi) is 3.08. The maximum atomic E-state index is 12.7. The molecule has 2 aliphatic heterocycles. The van der Waals surface area contributed by atoms with E-state index in [2.05, 4.69) is 22.5 Å². The van der Waals surface area contributed by atoms with Crippen molar-refractivity contribution in [1.82, 2.24) is 10.3 Å². The number of hydrogen-bond acceptors (Lipinski definition) is 4. The Morgan fingerprint density at radius 2 is 2.28 bits per heavy atom. The van der Waals surface area contributed by atoms with Gasteiger partial charge in [0.15, 0.2) is 0 Å². The number of ether oxygens (including phenoxy) is 1. The van der Waals surface area contributed by atoms with Crippen molar-refractivity contribution in [3.63, 3.8) is 0 Å². The normalized spacial score (nSPS) is 28.5. The summed E-state index contributed by atoms with van der Waals surface area (Å²) in [5.74, 6) is 2.32. The van der Waals surface area contributed by atoms with Crippen molar-refractivity contribution in [3.8, 4) is 5.75 Å². The molecule has 2 aromatic rings. The number of rotatable bonds is 2. The van der Waals surface area contributed by atoms with Crippen LogP contribution in [0.5, 0.6) is 5.75 Å². The van der Waals surface area contributed by atoms with Gasteiger partial charge in [0.05, 0.1) is 11.6 Å². The first kappa shape index (κ1) is 14.8. The first-order valence-corrected chi connectivity index (χ1v) is 8.88. The molecular weight excluding hydrogens is 314 g/mol. The lowest BCUT2D eigenvalue weighted by Crippen LogP contribution is -2.42. The Balaban J connectivity index is 1.33. The molecule has 3 heterocycles. The number of carbonyl (C=O) groups is 1. The Labute approximate surface area is 146 Å². The third kappa shape index (κ3) is 2.46. The molecule has 1 fully saturated rings. The van der Waals surface area contributed by atoms with E-state index >= 15 is 0 Å². The van der Waals surface area contributed by atoms with Crippen LogP contribution >= 0.6 is 0 Å². The lowest BCUT2D eigenvalue weighted by atomic mass is 9.96. The number of nitrogens with zero attached hydrogens (tertiary/aromatic N) is 1. The van der Waals surface area contributed by atoms with E-state index in [1.54, 1.807) is 6.20 Å². The second-order valence-corrected chi connectivity index (χ2v) is 7.72. The number of amides is 1. The van der Waals surface area contributed by atoms with Crippen molar-refractivity contribution < 1.29 is 9.53 Å². The fourth-order valence-corrected chi connectivity index (χ4v) is 4.08. The number of carbonyl (C=O) groups excluding carboxylic acids is 1. The van der Waals surface area contributed by atoms with Gasteiger partial charge in [-0.2, -0.15) is 0 Å². The van der Waals surface area contributed by atoms with Gasteiger partial charge in [-0.1, -0.05) is 25.1 Å². The standard InChI is InChI=1S/C20H21N3O2/c1-20-8-16(20)15-7-13(9-21-18(15)22-11-20)19(24)23-14-6-12-4-2-3-5-17(12)25-10-14/h2-5,7,9,14,16H,6,8,10-11H2,1H3,(H,21,22)(H,23,24)/t14-,16-,20+/m1/s1. The summed E-state index contributed by atoms with van der Waals surface area (Å²) in [7, 11) is 0. The van der Waals surface area contributed by atoms with Gasteiger partial charge in [-0.3, -0.25) is 4.79 Å². The zero-order valence-electron chi connectivity index (χ0n) is 14.2. The Bertz CT molecular complexity index is 866. The molecule has 5 nitrogen and oxygen atoms in total. The maximum Gasteiger partial charge on any atom is 0.253 e. The van der Waals surface area contributed by atoms with Crippen molar-refractivity contribution in [3.05, 3.63) is 53.2 Å². The topological polar surface area (TPSA) is 63.2 Å². The zero-order chi connectivity index (χ0) is 17.0. The number of para-hydroxylation sites is 1. The molecule has 0 spiro atoms. The SMILES string of the molecule is C[C@]12CNc3ncc(C(=O)N[C@H]4COc5ccccc5C4)cc3[C@H]1C2. The molecule has 1 aromatic carbocycles. The molecule has 3 aliphatic rings. The number of hydrogen-bond donors (Lipinski definition) is 2. The molecule has 5 rings (SSSR count). The highest BCUT2D eigenvalue weighted by Crippen LogP contribution is 2.62. The van der Waals surface area contributed by atoms with Crippen LogP contribution in [-0.4, -0.2) is 30.1 Å². The minimum Gasteiger partial charge on any atom is -0.491 e. The van der Waals surface area contributed by atoms with Gasteiger partial charge >= 0.3 is 0 Å². The smallest absolute Gasteiger partial charge is 0.253 e. The van der Waals surface area contributed by atoms with Gasteiger partial charge in [-0.05, 0) is 47.4 Å². The molecule has 0 unspecified atom stereocenters. The van der Waals surface area contributed by atoms with Crippen molar-refractivity contribution in [2.24, 2.45) is 5.41 Å². The maximum absolute atomic E-state index is 12.7. The van der Waals surface area contributed by atoms with Crippen LogP contribution in [0.15, 0.2) is 36.5 Å². The summed E-state index contributed by atoms with van der Waals surface area (Å²) in [4.78, 5) is 17.2. The Hall–Kier alpha value is -2.56. The predicted molar refractivity (Wildman–Crippen MR) is 95.1 cm³/mol. The highest BCUT2D eigenvalue weighted by Gasteiger charge is 2.54. The molecule has 0 saturated heterocycles. The lowest BCUT2D eigenvalue weighted by Gasteiger charge is -2.26. The minimum absolute atomic E-state index is 0.0113. The van der Waals surface area contributed by atoms with E-state index in [0.717, 1.165) is 30.1 Å². The van der Waals surface area contributed by atoms with Gasteiger partial charge in [0.25, 0.3) is 5.91 Å². The van der Waals surface area contributed by atoms with Gasteiger partial charge in [0.1, 0.15) is 18.2 Å². The van der Waals surface area contributed by atoms with Crippen LogP contribution in [0.4, 0.5) is 5.82 Å². The van der Waals surface area contributed by atoms with Crippen molar-refractivity contribution in [1.29, 1.82) is 0 Å². The molecule has 128 valence electrons. The summed E-state index contributed by atoms with van der Waals surface area (Å²) in [5.41, 5.74) is 3.30. The third-order valence-corrected chi connectivity index (χ3v) is 5.78. The molecule has 3 atom stereocenters. The van der Waals surface area contributed by atoms with Crippen LogP contribution < -0.4 is 15.4 Å². The molecule has 0 radical (unpaired) electrons. The van der Waals surface area contributed by atoms with Crippen LogP contribution in [0, 0.1) is 5.41 Å². The van der Waals surface area contributed by atoms with E-state index in [0.29, 0.717) is 23.5 Å². The molecule has 1 amide bonds. The molecule has 0 bridgehead atoms. The second-order valence-electron chi connectivity index (χ2n) is 7.72. The Morgan fingerprint density at radius 1 is 1.40 bits per heavy atom. The molecule has 2 N–H and O–H groups in total. The zero-order valence-corrected chi connectivity index (χ0v) is 14.2. The van der Waals surface area contributed by atoms with Crippen molar-refractivity contribution in [2.45, 2.75) is 31.7 Å². The summed E-state index contributed by atoms with van der Waals surface area (Å²) in [6, 6.07) is 9.99. The van der Waals surface area contributed by atoms with Crippen LogP contribution in [-0.2, 0) is 6.42 Å². The monoisotopic (exact) mass is 335 g/mol. The van der Waals surface area contributed by atoms with Gasteiger partial charge in [0.2, 0.25) is 0 Å². The number of anilines is 1. The number of nitrogens with one attached hydrogen (secondary N) is 2. The van der Waals surface area contributed by atoms with Crippen molar-refractivity contribution >= 4 is 11.7 Å². The first-order valence-electron chi connectivity index (χ1n) is 8.88. The van der Waals surface area contributed by atoms with Crippen molar-refractivity contribution in [2.75, 3.05) is 18.5 Å². The quantitative estimate of drug-likeness (QED) is 0.886. The summed E-state index contributed by atoms with van der Waals surface area (Å²) in [6.07, 6.45) is 3.64. The van der Waals surface area contributed by atoms with Crippen LogP contribution in [0.3, 0.4) is 0 Å². The number of fused-ring (bicyclic) bond motifs is 4. The summed E-state index contributed by atoms with van der Waals surface area (Å²) in [5, 5.41) is 6.49. The number of aromatic nitrogens is 1. The van der Waals surface area contributed by atoms with Gasteiger partial charge in [0, 0.05) is 12.7 Å². The summed E-state index contributed by atoms with van der Waals surface area (Å²) < 4.78 is 5.76. The van der Waals surface area contributed by atoms with E-state index in [1.165, 1.54) is 12.0 Å². The first-order chi connectivity index (χ1) is 12.1. The number of benzene rings is 1. The molecule has 1 aliphatic carbocycles. The van der Waals surface area contributed by atoms with E-state index in [9.17, 15) is 4.79 Å². The second kappa shape index (κ2) is 5.22. The highest BCUT2D eigenvalue weighted by atomic mass is 16.5. The van der Waals surface area contributed by atoms with Crippen LogP contribution in [0.25, 0.3) is 0 Å². The molecule has 25 heavy (non-hydrogen) atoms. The Morgan fingerprint density at radius 3 is 3.20 bits per heavy atom. The summed E-state index contributed by atoms with van der Waals surface area (Å²) in [6.45, 7) is 3.77. The van der Waals surface area contributed by atoms with E-state index in [-0.39, 0.29) is 11.9 Å². The minimum atomic E-state index is -0.0730. The van der Waals surface area contributed by atoms with E-state index in [4.69, 9.17) is 4.74 Å². The van der Waals surface area contributed by atoms with Gasteiger partial charge in [-0.25, -0.2) is 4.98 Å².